The molecular formula is C21H27N3O5S. The summed E-state index contributed by atoms with van der Waals surface area (Å²) in [6.07, 6.45) is 9.10. The van der Waals surface area contributed by atoms with E-state index in [0.717, 1.165) is 25.9 Å². The first-order valence-electron chi connectivity index (χ1n) is 10.4. The second-order valence-electron chi connectivity index (χ2n) is 7.87. The summed E-state index contributed by atoms with van der Waals surface area (Å²) >= 11 is 0. The van der Waals surface area contributed by atoms with Gasteiger partial charge in [-0.15, -0.1) is 0 Å². The quantitative estimate of drug-likeness (QED) is 0.719. The van der Waals surface area contributed by atoms with Crippen molar-refractivity contribution in [2.75, 3.05) is 26.2 Å². The number of hydrogen-bond donors (Lipinski definition) is 0. The smallest absolute Gasteiger partial charge is 0.248 e. The molecule has 4 rings (SSSR count). The molecule has 30 heavy (non-hydrogen) atoms. The topological polar surface area (TPSA) is 96.9 Å². The fourth-order valence-electron chi connectivity index (χ4n) is 4.19. The van der Waals surface area contributed by atoms with E-state index in [1.165, 1.54) is 17.0 Å². The van der Waals surface area contributed by atoms with Crippen LogP contribution in [0.3, 0.4) is 0 Å². The second kappa shape index (κ2) is 8.77. The molecule has 0 N–H and O–H groups in total. The zero-order valence-electron chi connectivity index (χ0n) is 17.1. The van der Waals surface area contributed by atoms with E-state index in [9.17, 15) is 13.2 Å². The average Bonchev–Trinajstić information content (AvgIpc) is 3.42. The van der Waals surface area contributed by atoms with Gasteiger partial charge in [0.05, 0.1) is 6.26 Å². The first-order valence-corrected chi connectivity index (χ1v) is 11.9. The summed E-state index contributed by atoms with van der Waals surface area (Å²) in [5.74, 6) is 0.839. The maximum absolute atomic E-state index is 13.3. The molecule has 0 bridgehead atoms. The van der Waals surface area contributed by atoms with Gasteiger partial charge in [0.15, 0.2) is 10.7 Å². The number of aryl methyl sites for hydroxylation is 1. The third kappa shape index (κ3) is 4.22. The highest BCUT2D eigenvalue weighted by molar-refractivity contribution is 7.89. The van der Waals surface area contributed by atoms with Crippen molar-refractivity contribution in [2.24, 2.45) is 5.92 Å². The molecule has 2 aliphatic heterocycles. The number of likely N-dealkylation sites (tertiary alicyclic amines) is 1. The van der Waals surface area contributed by atoms with E-state index in [4.69, 9.17) is 8.94 Å². The first-order chi connectivity index (χ1) is 14.5. The summed E-state index contributed by atoms with van der Waals surface area (Å²) in [4.78, 5) is 14.8. The standard InChI is InChI=1S/C21H27N3O5S/c1-16-20(19(29-22-16)8-7-18-6-5-15-28-18)30(26,27)24-13-9-17(10-14-24)21(25)23-11-3-2-4-12-23/h5-8,15,17H,2-4,9-14H2,1H3/b8-7+. The highest BCUT2D eigenvalue weighted by Crippen LogP contribution is 2.30. The van der Waals surface area contributed by atoms with Crippen LogP contribution in [0.5, 0.6) is 0 Å². The molecule has 0 aliphatic carbocycles. The van der Waals surface area contributed by atoms with Crippen LogP contribution in [-0.2, 0) is 14.8 Å². The predicted octanol–water partition coefficient (Wildman–Crippen LogP) is 3.16. The van der Waals surface area contributed by atoms with Gasteiger partial charge < -0.3 is 13.8 Å². The molecule has 2 aromatic rings. The highest BCUT2D eigenvalue weighted by Gasteiger charge is 2.37. The van der Waals surface area contributed by atoms with Crippen LogP contribution in [0.15, 0.2) is 32.2 Å². The summed E-state index contributed by atoms with van der Waals surface area (Å²) in [6.45, 7) is 3.90. The van der Waals surface area contributed by atoms with Crippen molar-refractivity contribution in [3.05, 3.63) is 35.6 Å². The molecule has 8 nitrogen and oxygen atoms in total. The lowest BCUT2D eigenvalue weighted by Gasteiger charge is -2.35. The zero-order valence-corrected chi connectivity index (χ0v) is 17.9. The van der Waals surface area contributed by atoms with Gasteiger partial charge in [0.1, 0.15) is 11.5 Å². The number of piperidine rings is 2. The molecule has 2 fully saturated rings. The summed E-state index contributed by atoms with van der Waals surface area (Å²) < 4.78 is 38.6. The number of hydrogen-bond acceptors (Lipinski definition) is 6. The van der Waals surface area contributed by atoms with Crippen LogP contribution in [0.1, 0.15) is 49.3 Å². The summed E-state index contributed by atoms with van der Waals surface area (Å²) in [7, 11) is -3.77. The molecule has 0 spiro atoms. The monoisotopic (exact) mass is 433 g/mol. The maximum Gasteiger partial charge on any atom is 0.248 e. The van der Waals surface area contributed by atoms with Gasteiger partial charge in [-0.1, -0.05) is 5.16 Å². The lowest BCUT2D eigenvalue weighted by atomic mass is 9.95. The van der Waals surface area contributed by atoms with Crippen molar-refractivity contribution in [2.45, 2.75) is 43.9 Å². The normalized spacial score (nSPS) is 19.6. The predicted molar refractivity (Wildman–Crippen MR) is 111 cm³/mol. The lowest BCUT2D eigenvalue weighted by Crippen LogP contribution is -2.45. The summed E-state index contributed by atoms with van der Waals surface area (Å²) in [6, 6.07) is 3.51. The molecule has 0 saturated carbocycles. The maximum atomic E-state index is 13.3. The van der Waals surface area contributed by atoms with Gasteiger partial charge in [0.2, 0.25) is 15.9 Å². The number of amides is 1. The van der Waals surface area contributed by atoms with Crippen LogP contribution in [-0.4, -0.2) is 54.9 Å². The van der Waals surface area contributed by atoms with Gasteiger partial charge in [0.25, 0.3) is 0 Å². The van der Waals surface area contributed by atoms with Crippen molar-refractivity contribution in [1.29, 1.82) is 0 Å². The minimum absolute atomic E-state index is 0.0751. The van der Waals surface area contributed by atoms with Crippen LogP contribution in [0.4, 0.5) is 0 Å². The number of carbonyl (C=O) groups excluding carboxylic acids is 1. The molecule has 0 atom stereocenters. The van der Waals surface area contributed by atoms with Crippen molar-refractivity contribution in [3.8, 4) is 0 Å². The Balaban J connectivity index is 1.46. The zero-order chi connectivity index (χ0) is 21.1. The Morgan fingerprint density at radius 2 is 1.87 bits per heavy atom. The second-order valence-corrected chi connectivity index (χ2v) is 9.75. The Bertz CT molecular complexity index is 996. The molecule has 9 heteroatoms. The van der Waals surface area contributed by atoms with E-state index in [1.807, 2.05) is 4.90 Å². The third-order valence-electron chi connectivity index (χ3n) is 5.84. The minimum Gasteiger partial charge on any atom is -0.465 e. The molecule has 2 aromatic heterocycles. The minimum atomic E-state index is -3.77. The van der Waals surface area contributed by atoms with Gasteiger partial charge in [0, 0.05) is 32.1 Å². The van der Waals surface area contributed by atoms with Crippen molar-refractivity contribution in [3.63, 3.8) is 0 Å². The van der Waals surface area contributed by atoms with E-state index in [0.29, 0.717) is 37.4 Å². The molecule has 2 saturated heterocycles. The molecule has 4 heterocycles. The molecule has 0 unspecified atom stereocenters. The molecule has 2 aliphatic rings. The van der Waals surface area contributed by atoms with Crippen LogP contribution in [0.25, 0.3) is 12.2 Å². The fraction of sp³-hybridized carbons (Fsp3) is 0.524. The first kappa shape index (κ1) is 20.9. The lowest BCUT2D eigenvalue weighted by molar-refractivity contribution is -0.137. The summed E-state index contributed by atoms with van der Waals surface area (Å²) in [5, 5.41) is 3.86. The van der Waals surface area contributed by atoms with Crippen LogP contribution in [0.2, 0.25) is 0 Å². The SMILES string of the molecule is Cc1noc(/C=C/c2ccco2)c1S(=O)(=O)N1CCC(C(=O)N2CCCCC2)CC1. The largest absolute Gasteiger partial charge is 0.465 e. The van der Waals surface area contributed by atoms with Gasteiger partial charge >= 0.3 is 0 Å². The molecule has 0 aromatic carbocycles. The van der Waals surface area contributed by atoms with E-state index in [2.05, 4.69) is 5.16 Å². The third-order valence-corrected chi connectivity index (χ3v) is 7.90. The van der Waals surface area contributed by atoms with E-state index < -0.39 is 10.0 Å². The van der Waals surface area contributed by atoms with Crippen LogP contribution < -0.4 is 0 Å². The van der Waals surface area contributed by atoms with Crippen molar-refractivity contribution >= 4 is 28.1 Å². The van der Waals surface area contributed by atoms with E-state index in [1.54, 1.807) is 31.2 Å². The molecule has 162 valence electrons. The number of furan rings is 1. The number of sulfonamides is 1. The molecular weight excluding hydrogens is 406 g/mol. The van der Waals surface area contributed by atoms with Gasteiger partial charge in [-0.3, -0.25) is 4.79 Å². The Kier molecular flexibility index (Phi) is 6.10. The van der Waals surface area contributed by atoms with E-state index >= 15 is 0 Å². The van der Waals surface area contributed by atoms with Gasteiger partial charge in [-0.05, 0) is 63.3 Å². The number of rotatable bonds is 5. The Hall–Kier alpha value is -2.39. The van der Waals surface area contributed by atoms with Gasteiger partial charge in [-0.25, -0.2) is 8.42 Å². The average molecular weight is 434 g/mol. The molecule has 0 radical (unpaired) electrons. The summed E-state index contributed by atoms with van der Waals surface area (Å²) in [5.41, 5.74) is 0.320. The number of carbonyl (C=O) groups is 1. The molecule has 1 amide bonds. The number of aromatic nitrogens is 1. The Morgan fingerprint density at radius 1 is 1.13 bits per heavy atom. The van der Waals surface area contributed by atoms with Crippen LogP contribution >= 0.6 is 0 Å². The van der Waals surface area contributed by atoms with Crippen LogP contribution in [0, 0.1) is 12.8 Å². The van der Waals surface area contributed by atoms with Crippen molar-refractivity contribution in [1.82, 2.24) is 14.4 Å². The fourth-order valence-corrected chi connectivity index (χ4v) is 5.91. The number of nitrogens with zero attached hydrogens (tertiary/aromatic N) is 3. The van der Waals surface area contributed by atoms with Gasteiger partial charge in [-0.2, -0.15) is 4.31 Å². The van der Waals surface area contributed by atoms with Crippen molar-refractivity contribution < 1.29 is 22.2 Å². The van der Waals surface area contributed by atoms with E-state index in [-0.39, 0.29) is 22.5 Å². The Morgan fingerprint density at radius 3 is 2.53 bits per heavy atom. The Labute approximate surface area is 176 Å². The highest BCUT2D eigenvalue weighted by atomic mass is 32.2.